The molecule has 2 rings (SSSR count). The largest absolute Gasteiger partial charge is 0.296 e. The highest BCUT2D eigenvalue weighted by atomic mass is 32.2. The van der Waals surface area contributed by atoms with Gasteiger partial charge in [0.15, 0.2) is 6.29 Å². The molecular formula is C8H10N2OS. The van der Waals surface area contributed by atoms with Crippen molar-refractivity contribution in [2.24, 2.45) is 7.05 Å². The number of rotatable bonds is 1. The van der Waals surface area contributed by atoms with Gasteiger partial charge in [-0.15, -0.1) is 0 Å². The summed E-state index contributed by atoms with van der Waals surface area (Å²) in [5.74, 6) is 2.09. The molecule has 0 bridgehead atoms. The summed E-state index contributed by atoms with van der Waals surface area (Å²) < 4.78 is 1.83. The van der Waals surface area contributed by atoms with E-state index in [1.54, 1.807) is 0 Å². The second-order valence-corrected chi connectivity index (χ2v) is 3.96. The van der Waals surface area contributed by atoms with Gasteiger partial charge in [0.1, 0.15) is 5.69 Å². The van der Waals surface area contributed by atoms with Crippen LogP contribution in [0.3, 0.4) is 0 Å². The van der Waals surface area contributed by atoms with Gasteiger partial charge in [0.2, 0.25) is 0 Å². The minimum absolute atomic E-state index is 0.625. The van der Waals surface area contributed by atoms with Crippen molar-refractivity contribution in [2.45, 2.75) is 12.2 Å². The summed E-state index contributed by atoms with van der Waals surface area (Å²) in [5, 5.41) is 4.15. The molecule has 0 fully saturated rings. The summed E-state index contributed by atoms with van der Waals surface area (Å²) >= 11 is 1.87. The Labute approximate surface area is 75.1 Å². The molecule has 1 aliphatic rings. The summed E-state index contributed by atoms with van der Waals surface area (Å²) in [6.07, 6.45) is 1.89. The Bertz CT molecular complexity index is 319. The first-order chi connectivity index (χ1) is 5.83. The van der Waals surface area contributed by atoms with Gasteiger partial charge < -0.3 is 0 Å². The fourth-order valence-electron chi connectivity index (χ4n) is 1.53. The Morgan fingerprint density at radius 1 is 1.67 bits per heavy atom. The molecule has 0 atom stereocenters. The Hall–Kier alpha value is -0.770. The molecule has 12 heavy (non-hydrogen) atoms. The van der Waals surface area contributed by atoms with E-state index >= 15 is 0 Å². The van der Waals surface area contributed by atoms with Gasteiger partial charge in [0, 0.05) is 24.1 Å². The molecule has 2 heterocycles. The summed E-state index contributed by atoms with van der Waals surface area (Å²) in [4.78, 5) is 10.6. The van der Waals surface area contributed by atoms with Gasteiger partial charge >= 0.3 is 0 Å². The molecule has 0 aromatic carbocycles. The average Bonchev–Trinajstić information content (AvgIpc) is 2.44. The summed E-state index contributed by atoms with van der Waals surface area (Å²) in [5.41, 5.74) is 3.00. The van der Waals surface area contributed by atoms with Gasteiger partial charge in [-0.05, 0) is 12.2 Å². The van der Waals surface area contributed by atoms with E-state index in [1.165, 1.54) is 5.69 Å². The Morgan fingerprint density at radius 3 is 3.25 bits per heavy atom. The van der Waals surface area contributed by atoms with Gasteiger partial charge in [0.05, 0.1) is 0 Å². The highest BCUT2D eigenvalue weighted by molar-refractivity contribution is 7.98. The molecular weight excluding hydrogens is 172 g/mol. The SMILES string of the molecule is Cn1nc(C=O)c2c1CCSC2. The molecule has 0 amide bonds. The van der Waals surface area contributed by atoms with Crippen molar-refractivity contribution in [3.63, 3.8) is 0 Å². The fraction of sp³-hybridized carbons (Fsp3) is 0.500. The van der Waals surface area contributed by atoms with Crippen LogP contribution in [0.1, 0.15) is 21.7 Å². The van der Waals surface area contributed by atoms with E-state index in [-0.39, 0.29) is 0 Å². The lowest BCUT2D eigenvalue weighted by atomic mass is 10.2. The number of hydrogen-bond donors (Lipinski definition) is 0. The predicted octanol–water partition coefficient (Wildman–Crippen LogP) is 1.02. The quantitative estimate of drug-likeness (QED) is 0.608. The van der Waals surface area contributed by atoms with E-state index in [0.717, 1.165) is 29.8 Å². The van der Waals surface area contributed by atoms with Crippen LogP contribution in [0.15, 0.2) is 0 Å². The predicted molar refractivity (Wildman–Crippen MR) is 48.5 cm³/mol. The molecule has 4 heteroatoms. The van der Waals surface area contributed by atoms with Crippen molar-refractivity contribution in [1.29, 1.82) is 0 Å². The van der Waals surface area contributed by atoms with Gasteiger partial charge in [-0.25, -0.2) is 0 Å². The van der Waals surface area contributed by atoms with Crippen molar-refractivity contribution < 1.29 is 4.79 Å². The number of aldehydes is 1. The number of carbonyl (C=O) groups is 1. The zero-order chi connectivity index (χ0) is 8.55. The first-order valence-corrected chi connectivity index (χ1v) is 5.06. The van der Waals surface area contributed by atoms with E-state index in [0.29, 0.717) is 5.69 Å². The lowest BCUT2D eigenvalue weighted by Gasteiger charge is -2.11. The number of fused-ring (bicyclic) bond motifs is 1. The van der Waals surface area contributed by atoms with Crippen LogP contribution in [0.25, 0.3) is 0 Å². The minimum atomic E-state index is 0.625. The van der Waals surface area contributed by atoms with Crippen LogP contribution in [0.2, 0.25) is 0 Å². The molecule has 0 radical (unpaired) electrons. The zero-order valence-electron chi connectivity index (χ0n) is 6.91. The first-order valence-electron chi connectivity index (χ1n) is 3.90. The van der Waals surface area contributed by atoms with Crippen LogP contribution in [0.4, 0.5) is 0 Å². The topological polar surface area (TPSA) is 34.9 Å². The number of thioether (sulfide) groups is 1. The maximum atomic E-state index is 10.6. The van der Waals surface area contributed by atoms with E-state index < -0.39 is 0 Å². The summed E-state index contributed by atoms with van der Waals surface area (Å²) in [7, 11) is 1.90. The fourth-order valence-corrected chi connectivity index (χ4v) is 2.53. The van der Waals surface area contributed by atoms with Crippen molar-refractivity contribution in [3.8, 4) is 0 Å². The molecule has 1 aliphatic heterocycles. The average molecular weight is 182 g/mol. The van der Waals surface area contributed by atoms with Crippen LogP contribution >= 0.6 is 11.8 Å². The van der Waals surface area contributed by atoms with Crippen LogP contribution < -0.4 is 0 Å². The van der Waals surface area contributed by atoms with Crippen molar-refractivity contribution in [3.05, 3.63) is 17.0 Å². The second kappa shape index (κ2) is 2.94. The third-order valence-electron chi connectivity index (χ3n) is 2.15. The zero-order valence-corrected chi connectivity index (χ0v) is 7.73. The van der Waals surface area contributed by atoms with E-state index in [9.17, 15) is 4.79 Å². The third-order valence-corrected chi connectivity index (χ3v) is 3.13. The van der Waals surface area contributed by atoms with Crippen LogP contribution in [0.5, 0.6) is 0 Å². The van der Waals surface area contributed by atoms with E-state index in [4.69, 9.17) is 0 Å². The second-order valence-electron chi connectivity index (χ2n) is 2.85. The summed E-state index contributed by atoms with van der Waals surface area (Å²) in [6, 6.07) is 0. The molecule has 64 valence electrons. The smallest absolute Gasteiger partial charge is 0.170 e. The highest BCUT2D eigenvalue weighted by Gasteiger charge is 2.18. The van der Waals surface area contributed by atoms with Gasteiger partial charge in [0.25, 0.3) is 0 Å². The molecule has 0 saturated heterocycles. The van der Waals surface area contributed by atoms with E-state index in [1.807, 2.05) is 23.5 Å². The Balaban J connectivity index is 2.53. The molecule has 0 aliphatic carbocycles. The molecule has 0 N–H and O–H groups in total. The summed E-state index contributed by atoms with van der Waals surface area (Å²) in [6.45, 7) is 0. The van der Waals surface area contributed by atoms with Gasteiger partial charge in [-0.3, -0.25) is 9.48 Å². The lowest BCUT2D eigenvalue weighted by molar-refractivity contribution is 0.111. The maximum Gasteiger partial charge on any atom is 0.170 e. The molecule has 1 aromatic rings. The number of carbonyl (C=O) groups excluding carboxylic acids is 1. The van der Waals surface area contributed by atoms with Crippen molar-refractivity contribution in [1.82, 2.24) is 9.78 Å². The monoisotopic (exact) mass is 182 g/mol. The van der Waals surface area contributed by atoms with Crippen LogP contribution in [0, 0.1) is 0 Å². The molecule has 0 saturated carbocycles. The standard InChI is InChI=1S/C8H10N2OS/c1-10-8-2-3-12-5-6(8)7(4-11)9-10/h4H,2-3,5H2,1H3. The third kappa shape index (κ3) is 1.06. The number of nitrogens with zero attached hydrogens (tertiary/aromatic N) is 2. The van der Waals surface area contributed by atoms with E-state index in [2.05, 4.69) is 5.10 Å². The molecule has 1 aromatic heterocycles. The Morgan fingerprint density at radius 2 is 2.50 bits per heavy atom. The first kappa shape index (κ1) is 7.86. The normalized spacial score (nSPS) is 15.8. The lowest BCUT2D eigenvalue weighted by Crippen LogP contribution is -2.06. The number of aryl methyl sites for hydroxylation is 1. The number of hydrogen-bond acceptors (Lipinski definition) is 3. The Kier molecular flexibility index (Phi) is 1.92. The van der Waals surface area contributed by atoms with Crippen molar-refractivity contribution in [2.75, 3.05) is 5.75 Å². The van der Waals surface area contributed by atoms with Crippen LogP contribution in [-0.2, 0) is 19.2 Å². The maximum absolute atomic E-state index is 10.6. The van der Waals surface area contributed by atoms with Crippen LogP contribution in [-0.4, -0.2) is 21.8 Å². The molecule has 0 spiro atoms. The highest BCUT2D eigenvalue weighted by Crippen LogP contribution is 2.25. The molecule has 0 unspecified atom stereocenters. The molecule has 3 nitrogen and oxygen atoms in total. The van der Waals surface area contributed by atoms with Crippen molar-refractivity contribution >= 4 is 18.0 Å². The minimum Gasteiger partial charge on any atom is -0.296 e. The van der Waals surface area contributed by atoms with Gasteiger partial charge in [-0.2, -0.15) is 16.9 Å². The van der Waals surface area contributed by atoms with Gasteiger partial charge in [-0.1, -0.05) is 0 Å². The number of aromatic nitrogens is 2.